The number of H-pyrrole nitrogens is 1. The molecule has 0 aliphatic rings. The van der Waals surface area contributed by atoms with E-state index in [0.717, 1.165) is 11.4 Å². The number of aromatic nitrogens is 3. The molecule has 7 heteroatoms. The summed E-state index contributed by atoms with van der Waals surface area (Å²) in [5.41, 5.74) is 0.993. The Morgan fingerprint density at radius 1 is 1.35 bits per heavy atom. The van der Waals surface area contributed by atoms with E-state index in [1.807, 2.05) is 26.8 Å². The van der Waals surface area contributed by atoms with Crippen LogP contribution in [0.2, 0.25) is 0 Å². The van der Waals surface area contributed by atoms with Gasteiger partial charge in [-0.15, -0.1) is 5.10 Å². The topological polar surface area (TPSA) is 84.7 Å². The molecule has 0 fully saturated rings. The van der Waals surface area contributed by atoms with Crippen LogP contribution in [0.1, 0.15) is 43.3 Å². The van der Waals surface area contributed by atoms with Crippen molar-refractivity contribution in [1.29, 1.82) is 0 Å². The van der Waals surface area contributed by atoms with Crippen molar-refractivity contribution in [3.8, 4) is 0 Å². The molecule has 2 aromatic rings. The summed E-state index contributed by atoms with van der Waals surface area (Å²) in [6, 6.07) is 6.65. The number of aromatic amines is 1. The first-order valence-corrected chi connectivity index (χ1v) is 7.18. The Morgan fingerprint density at radius 3 is 2.70 bits per heavy atom. The Bertz CT molecular complexity index is 612. The second kappa shape index (κ2) is 6.04. The summed E-state index contributed by atoms with van der Waals surface area (Å²) < 4.78 is 0. The maximum Gasteiger partial charge on any atom is 0.269 e. The number of nitrogens with zero attached hydrogens (tertiary/aromatic N) is 3. The second-order valence-electron chi connectivity index (χ2n) is 4.77. The molecule has 1 N–H and O–H groups in total. The molecule has 20 heavy (non-hydrogen) atoms. The van der Waals surface area contributed by atoms with Gasteiger partial charge < -0.3 is 0 Å². The maximum absolute atomic E-state index is 10.8. The third-order valence-corrected chi connectivity index (χ3v) is 3.88. The molecule has 106 valence electrons. The van der Waals surface area contributed by atoms with Gasteiger partial charge >= 0.3 is 0 Å². The van der Waals surface area contributed by atoms with Crippen LogP contribution in [0.5, 0.6) is 0 Å². The standard InChI is InChI=1S/C13H16N4O2S/c1-8(2)12-14-13(16-15-12)20-9(3)10-5-4-6-11(7-10)17(18)19/h4-9H,1-3H3,(H,14,15,16). The predicted octanol–water partition coefficient (Wildman–Crippen LogP) is 3.69. The van der Waals surface area contributed by atoms with E-state index in [1.54, 1.807) is 12.1 Å². The fourth-order valence-corrected chi connectivity index (χ4v) is 2.53. The van der Waals surface area contributed by atoms with Gasteiger partial charge in [-0.05, 0) is 12.5 Å². The van der Waals surface area contributed by atoms with Gasteiger partial charge in [0.05, 0.1) is 4.92 Å². The van der Waals surface area contributed by atoms with Crippen LogP contribution in [-0.2, 0) is 0 Å². The van der Waals surface area contributed by atoms with Crippen LogP contribution in [0.4, 0.5) is 5.69 Å². The fourth-order valence-electron chi connectivity index (χ4n) is 1.69. The molecule has 0 aliphatic heterocycles. The van der Waals surface area contributed by atoms with Crippen LogP contribution in [0, 0.1) is 10.1 Å². The highest BCUT2D eigenvalue weighted by molar-refractivity contribution is 7.99. The van der Waals surface area contributed by atoms with Crippen molar-refractivity contribution in [2.75, 3.05) is 0 Å². The van der Waals surface area contributed by atoms with Crippen molar-refractivity contribution in [3.05, 3.63) is 45.8 Å². The van der Waals surface area contributed by atoms with E-state index in [2.05, 4.69) is 15.2 Å². The summed E-state index contributed by atoms with van der Waals surface area (Å²) in [7, 11) is 0. The van der Waals surface area contributed by atoms with Crippen LogP contribution in [0.25, 0.3) is 0 Å². The predicted molar refractivity (Wildman–Crippen MR) is 77.8 cm³/mol. The summed E-state index contributed by atoms with van der Waals surface area (Å²) in [6.07, 6.45) is 0. The Kier molecular flexibility index (Phi) is 4.39. The van der Waals surface area contributed by atoms with Crippen LogP contribution in [0.3, 0.4) is 0 Å². The normalized spacial score (nSPS) is 12.6. The number of rotatable bonds is 5. The molecular weight excluding hydrogens is 276 g/mol. The minimum Gasteiger partial charge on any atom is -0.262 e. The van der Waals surface area contributed by atoms with Gasteiger partial charge in [0.25, 0.3) is 5.69 Å². The van der Waals surface area contributed by atoms with Crippen molar-refractivity contribution >= 4 is 17.4 Å². The van der Waals surface area contributed by atoms with Crippen LogP contribution in [-0.4, -0.2) is 20.1 Å². The van der Waals surface area contributed by atoms with Crippen LogP contribution >= 0.6 is 11.8 Å². The summed E-state index contributed by atoms with van der Waals surface area (Å²) >= 11 is 1.48. The van der Waals surface area contributed by atoms with E-state index >= 15 is 0 Å². The minimum absolute atomic E-state index is 0.0470. The Morgan fingerprint density at radius 2 is 2.10 bits per heavy atom. The lowest BCUT2D eigenvalue weighted by Gasteiger charge is -2.08. The Balaban J connectivity index is 2.12. The number of nitrogens with one attached hydrogen (secondary N) is 1. The smallest absolute Gasteiger partial charge is 0.262 e. The van der Waals surface area contributed by atoms with E-state index in [1.165, 1.54) is 17.8 Å². The number of benzene rings is 1. The Labute approximate surface area is 121 Å². The van der Waals surface area contributed by atoms with Gasteiger partial charge in [-0.1, -0.05) is 37.7 Å². The first-order valence-electron chi connectivity index (χ1n) is 6.30. The summed E-state index contributed by atoms with van der Waals surface area (Å²) in [6.45, 7) is 6.06. The lowest BCUT2D eigenvalue weighted by atomic mass is 10.1. The Hall–Kier alpha value is -1.89. The number of thioether (sulfide) groups is 1. The lowest BCUT2D eigenvalue weighted by molar-refractivity contribution is -0.384. The van der Waals surface area contributed by atoms with Crippen molar-refractivity contribution in [2.45, 2.75) is 37.1 Å². The summed E-state index contributed by atoms with van der Waals surface area (Å²) in [5, 5.41) is 18.5. The fraction of sp³-hybridized carbons (Fsp3) is 0.385. The van der Waals surface area contributed by atoms with Crippen molar-refractivity contribution in [1.82, 2.24) is 15.2 Å². The second-order valence-corrected chi connectivity index (χ2v) is 6.08. The third-order valence-electron chi connectivity index (χ3n) is 2.86. The van der Waals surface area contributed by atoms with Crippen LogP contribution < -0.4 is 0 Å². The molecule has 1 heterocycles. The highest BCUT2D eigenvalue weighted by Gasteiger charge is 2.15. The molecule has 0 bridgehead atoms. The summed E-state index contributed by atoms with van der Waals surface area (Å²) in [4.78, 5) is 14.8. The molecule has 1 aromatic carbocycles. The molecule has 6 nitrogen and oxygen atoms in total. The molecule has 0 radical (unpaired) electrons. The van der Waals surface area contributed by atoms with Crippen molar-refractivity contribution < 1.29 is 4.92 Å². The van der Waals surface area contributed by atoms with Gasteiger partial charge in [0, 0.05) is 23.3 Å². The van der Waals surface area contributed by atoms with Gasteiger partial charge in [-0.25, -0.2) is 4.98 Å². The molecule has 1 atom stereocenters. The molecule has 1 aromatic heterocycles. The van der Waals surface area contributed by atoms with E-state index in [4.69, 9.17) is 0 Å². The lowest BCUT2D eigenvalue weighted by Crippen LogP contribution is -1.93. The highest BCUT2D eigenvalue weighted by Crippen LogP contribution is 2.34. The van der Waals surface area contributed by atoms with Gasteiger partial charge in [0.2, 0.25) is 5.16 Å². The highest BCUT2D eigenvalue weighted by atomic mass is 32.2. The number of hydrogen-bond donors (Lipinski definition) is 1. The van der Waals surface area contributed by atoms with E-state index in [0.29, 0.717) is 11.1 Å². The third kappa shape index (κ3) is 3.36. The quantitative estimate of drug-likeness (QED) is 0.516. The molecule has 0 amide bonds. The monoisotopic (exact) mass is 292 g/mol. The van der Waals surface area contributed by atoms with Crippen molar-refractivity contribution in [3.63, 3.8) is 0 Å². The van der Waals surface area contributed by atoms with E-state index in [9.17, 15) is 10.1 Å². The SMILES string of the molecule is CC(C)c1nc(SC(C)c2cccc([N+](=O)[O-])c2)n[nH]1. The molecule has 1 unspecified atom stereocenters. The average molecular weight is 292 g/mol. The van der Waals surface area contributed by atoms with Gasteiger partial charge in [-0.2, -0.15) is 0 Å². The van der Waals surface area contributed by atoms with E-state index < -0.39 is 0 Å². The molecular formula is C13H16N4O2S. The largest absolute Gasteiger partial charge is 0.269 e. The number of non-ortho nitro benzene ring substituents is 1. The van der Waals surface area contributed by atoms with Crippen LogP contribution in [0.15, 0.2) is 29.4 Å². The van der Waals surface area contributed by atoms with Gasteiger partial charge in [0.15, 0.2) is 0 Å². The zero-order chi connectivity index (χ0) is 14.7. The van der Waals surface area contributed by atoms with Crippen molar-refractivity contribution in [2.24, 2.45) is 0 Å². The zero-order valence-electron chi connectivity index (χ0n) is 11.5. The van der Waals surface area contributed by atoms with E-state index in [-0.39, 0.29) is 15.9 Å². The maximum atomic E-state index is 10.8. The molecule has 0 aliphatic carbocycles. The number of nitro groups is 1. The van der Waals surface area contributed by atoms with Gasteiger partial charge in [-0.3, -0.25) is 15.2 Å². The first kappa shape index (κ1) is 14.5. The summed E-state index contributed by atoms with van der Waals surface area (Å²) in [5.74, 6) is 1.14. The minimum atomic E-state index is -0.384. The zero-order valence-corrected chi connectivity index (χ0v) is 12.3. The number of hydrogen-bond acceptors (Lipinski definition) is 5. The molecule has 2 rings (SSSR count). The molecule has 0 spiro atoms. The first-order chi connectivity index (χ1) is 9.47. The number of nitro benzene ring substituents is 1. The molecule has 0 saturated heterocycles. The average Bonchev–Trinajstić information content (AvgIpc) is 2.87. The van der Waals surface area contributed by atoms with Gasteiger partial charge in [0.1, 0.15) is 5.82 Å². The molecule has 0 saturated carbocycles.